The molecule has 0 saturated heterocycles. The van der Waals surface area contributed by atoms with Crippen LogP contribution in [0, 0.1) is 5.82 Å². The van der Waals surface area contributed by atoms with Gasteiger partial charge in [0.2, 0.25) is 0 Å². The van der Waals surface area contributed by atoms with Crippen molar-refractivity contribution in [3.05, 3.63) is 95.8 Å². The molecule has 1 fully saturated rings. The second-order valence-electron chi connectivity index (χ2n) is 8.31. The van der Waals surface area contributed by atoms with E-state index in [2.05, 4.69) is 45.0 Å². The third-order valence-electron chi connectivity index (χ3n) is 5.72. The fourth-order valence-electron chi connectivity index (χ4n) is 3.87. The van der Waals surface area contributed by atoms with E-state index in [4.69, 9.17) is 4.98 Å². The summed E-state index contributed by atoms with van der Waals surface area (Å²) in [6.45, 7) is 2.15. The van der Waals surface area contributed by atoms with Gasteiger partial charge in [0, 0.05) is 48.2 Å². The van der Waals surface area contributed by atoms with E-state index in [1.54, 1.807) is 18.6 Å². The fourth-order valence-corrected chi connectivity index (χ4v) is 3.87. The number of aromatic nitrogens is 5. The van der Waals surface area contributed by atoms with Gasteiger partial charge < -0.3 is 0 Å². The first-order chi connectivity index (χ1) is 15.1. The molecule has 5 nitrogen and oxygen atoms in total. The molecule has 5 rings (SSSR count). The van der Waals surface area contributed by atoms with Crippen molar-refractivity contribution >= 4 is 0 Å². The zero-order valence-electron chi connectivity index (χ0n) is 17.4. The first-order valence-corrected chi connectivity index (χ1v) is 10.7. The molecule has 0 radical (unpaired) electrons. The van der Waals surface area contributed by atoms with E-state index in [0.717, 1.165) is 40.2 Å². The highest BCUT2D eigenvalue weighted by Crippen LogP contribution is 2.35. The summed E-state index contributed by atoms with van der Waals surface area (Å²) in [5, 5.41) is 4.55. The standard InChI is InChI=1S/C25H24FN5/c1-17(18-2-4-21(26)5-3-18)10-22-11-19(20-14-29-31(16-20)25-6-7-25)12-23(30-22)13-24-15-27-8-9-28-24/h2-5,8-9,11-12,14-17,25H,6-7,10,13H2,1H3/t17-/m1/s1. The summed E-state index contributed by atoms with van der Waals surface area (Å²) in [5.74, 6) is 0.0110. The van der Waals surface area contributed by atoms with Gasteiger partial charge in [-0.1, -0.05) is 19.1 Å². The molecule has 0 unspecified atom stereocenters. The zero-order chi connectivity index (χ0) is 21.2. The minimum Gasteiger partial charge on any atom is -0.269 e. The smallest absolute Gasteiger partial charge is 0.123 e. The lowest BCUT2D eigenvalue weighted by atomic mass is 9.94. The second-order valence-corrected chi connectivity index (χ2v) is 8.31. The fraction of sp³-hybridized carbons (Fsp3) is 0.280. The largest absolute Gasteiger partial charge is 0.269 e. The summed E-state index contributed by atoms with van der Waals surface area (Å²) < 4.78 is 15.4. The lowest BCUT2D eigenvalue weighted by Crippen LogP contribution is -2.04. The van der Waals surface area contributed by atoms with Crippen LogP contribution in [-0.4, -0.2) is 24.7 Å². The molecule has 0 N–H and O–H groups in total. The van der Waals surface area contributed by atoms with Gasteiger partial charge in [0.25, 0.3) is 0 Å². The molecule has 1 saturated carbocycles. The maximum absolute atomic E-state index is 13.3. The first kappa shape index (κ1) is 19.5. The molecule has 1 aliphatic rings. The van der Waals surface area contributed by atoms with Crippen LogP contribution in [0.2, 0.25) is 0 Å². The van der Waals surface area contributed by atoms with E-state index in [1.807, 2.05) is 18.3 Å². The van der Waals surface area contributed by atoms with Crippen molar-refractivity contribution in [2.75, 3.05) is 0 Å². The number of nitrogens with zero attached hydrogens (tertiary/aromatic N) is 5. The van der Waals surface area contributed by atoms with Crippen LogP contribution in [-0.2, 0) is 12.8 Å². The van der Waals surface area contributed by atoms with Gasteiger partial charge in [-0.3, -0.25) is 19.6 Å². The number of halogens is 1. The molecule has 1 atom stereocenters. The van der Waals surface area contributed by atoms with Crippen molar-refractivity contribution in [3.8, 4) is 11.1 Å². The van der Waals surface area contributed by atoms with E-state index < -0.39 is 0 Å². The van der Waals surface area contributed by atoms with Crippen molar-refractivity contribution in [1.29, 1.82) is 0 Å². The highest BCUT2D eigenvalue weighted by molar-refractivity contribution is 5.63. The summed E-state index contributed by atoms with van der Waals surface area (Å²) in [5.41, 5.74) is 6.17. The molecule has 4 aromatic rings. The monoisotopic (exact) mass is 413 g/mol. The normalized spacial score (nSPS) is 14.5. The molecule has 3 heterocycles. The summed E-state index contributed by atoms with van der Waals surface area (Å²) in [4.78, 5) is 13.5. The van der Waals surface area contributed by atoms with E-state index in [-0.39, 0.29) is 11.7 Å². The molecule has 0 spiro atoms. The Labute approximate surface area is 181 Å². The van der Waals surface area contributed by atoms with E-state index in [9.17, 15) is 4.39 Å². The number of benzene rings is 1. The summed E-state index contributed by atoms with van der Waals surface area (Å²) in [6.07, 6.45) is 13.0. The molecule has 1 aliphatic carbocycles. The highest BCUT2D eigenvalue weighted by Gasteiger charge is 2.24. The molecular weight excluding hydrogens is 389 g/mol. The van der Waals surface area contributed by atoms with Gasteiger partial charge in [0.1, 0.15) is 5.82 Å². The molecule has 6 heteroatoms. The van der Waals surface area contributed by atoms with Crippen LogP contribution in [0.3, 0.4) is 0 Å². The van der Waals surface area contributed by atoms with Crippen molar-refractivity contribution < 1.29 is 4.39 Å². The van der Waals surface area contributed by atoms with Gasteiger partial charge in [-0.2, -0.15) is 5.10 Å². The van der Waals surface area contributed by atoms with Crippen LogP contribution in [0.25, 0.3) is 11.1 Å². The summed E-state index contributed by atoms with van der Waals surface area (Å²) in [6, 6.07) is 11.5. The maximum atomic E-state index is 13.3. The quantitative estimate of drug-likeness (QED) is 0.421. The Bertz CT molecular complexity index is 1170. The third-order valence-corrected chi connectivity index (χ3v) is 5.72. The lowest BCUT2D eigenvalue weighted by molar-refractivity contribution is 0.625. The number of pyridine rings is 1. The van der Waals surface area contributed by atoms with Crippen LogP contribution in [0.1, 0.15) is 54.4 Å². The Morgan fingerprint density at radius 3 is 2.55 bits per heavy atom. The van der Waals surface area contributed by atoms with Gasteiger partial charge in [0.05, 0.1) is 17.9 Å². The van der Waals surface area contributed by atoms with Gasteiger partial charge in [0.15, 0.2) is 0 Å². The minimum atomic E-state index is -0.213. The van der Waals surface area contributed by atoms with Crippen molar-refractivity contribution in [1.82, 2.24) is 24.7 Å². The van der Waals surface area contributed by atoms with Crippen LogP contribution < -0.4 is 0 Å². The Morgan fingerprint density at radius 1 is 1.00 bits per heavy atom. The zero-order valence-corrected chi connectivity index (χ0v) is 17.4. The predicted octanol–water partition coefficient (Wildman–Crippen LogP) is 5.15. The molecule has 31 heavy (non-hydrogen) atoms. The Hall–Kier alpha value is -3.41. The van der Waals surface area contributed by atoms with Gasteiger partial charge in [-0.25, -0.2) is 4.39 Å². The maximum Gasteiger partial charge on any atom is 0.123 e. The Morgan fingerprint density at radius 2 is 1.81 bits per heavy atom. The number of hydrogen-bond donors (Lipinski definition) is 0. The molecule has 0 bridgehead atoms. The molecule has 1 aromatic carbocycles. The lowest BCUT2D eigenvalue weighted by Gasteiger charge is -2.14. The van der Waals surface area contributed by atoms with E-state index in [0.29, 0.717) is 12.5 Å². The van der Waals surface area contributed by atoms with E-state index >= 15 is 0 Å². The number of hydrogen-bond acceptors (Lipinski definition) is 4. The van der Waals surface area contributed by atoms with Gasteiger partial charge in [-0.15, -0.1) is 0 Å². The SMILES string of the molecule is C[C@H](Cc1cc(-c2cnn(C3CC3)c2)cc(Cc2cnccn2)n1)c1ccc(F)cc1. The van der Waals surface area contributed by atoms with Gasteiger partial charge >= 0.3 is 0 Å². The van der Waals surface area contributed by atoms with E-state index in [1.165, 1.54) is 25.0 Å². The number of rotatable bonds is 7. The Kier molecular flexibility index (Phi) is 5.28. The highest BCUT2D eigenvalue weighted by atomic mass is 19.1. The predicted molar refractivity (Wildman–Crippen MR) is 117 cm³/mol. The van der Waals surface area contributed by atoms with Gasteiger partial charge in [-0.05, 0) is 60.6 Å². The second kappa shape index (κ2) is 8.38. The van der Waals surface area contributed by atoms with Crippen molar-refractivity contribution in [2.24, 2.45) is 0 Å². The molecule has 156 valence electrons. The average molecular weight is 414 g/mol. The first-order valence-electron chi connectivity index (χ1n) is 10.7. The van der Waals surface area contributed by atoms with Crippen molar-refractivity contribution in [2.45, 2.75) is 44.6 Å². The third kappa shape index (κ3) is 4.68. The van der Waals surface area contributed by atoms with Crippen LogP contribution >= 0.6 is 0 Å². The molecule has 0 aliphatic heterocycles. The molecular formula is C25H24FN5. The summed E-state index contributed by atoms with van der Waals surface area (Å²) >= 11 is 0. The molecule has 0 amide bonds. The minimum absolute atomic E-state index is 0.213. The van der Waals surface area contributed by atoms with Crippen LogP contribution in [0.15, 0.2) is 67.4 Å². The Balaban J connectivity index is 1.46. The average Bonchev–Trinajstić information content (AvgIpc) is 3.51. The molecule has 3 aromatic heterocycles. The van der Waals surface area contributed by atoms with Crippen LogP contribution in [0.4, 0.5) is 4.39 Å². The topological polar surface area (TPSA) is 56.5 Å². The summed E-state index contributed by atoms with van der Waals surface area (Å²) in [7, 11) is 0. The van der Waals surface area contributed by atoms with Crippen molar-refractivity contribution in [3.63, 3.8) is 0 Å². The van der Waals surface area contributed by atoms with Crippen LogP contribution in [0.5, 0.6) is 0 Å².